The van der Waals surface area contributed by atoms with Crippen molar-refractivity contribution in [1.82, 2.24) is 0 Å². The molecular formula is C31H60O2. The van der Waals surface area contributed by atoms with E-state index in [1.165, 1.54) is 161 Å². The van der Waals surface area contributed by atoms with E-state index in [9.17, 15) is 4.79 Å². The minimum Gasteiger partial charge on any atom is -0.469 e. The van der Waals surface area contributed by atoms with Crippen LogP contribution in [0, 0.1) is 0 Å². The molecule has 0 fully saturated rings. The van der Waals surface area contributed by atoms with E-state index in [2.05, 4.69) is 23.8 Å². The summed E-state index contributed by atoms with van der Waals surface area (Å²) >= 11 is 0. The Bertz CT molecular complexity index is 402. The molecule has 0 heterocycles. The number of carbonyl (C=O) groups is 1. The second-order valence-corrected chi connectivity index (χ2v) is 10.2. The van der Waals surface area contributed by atoms with Gasteiger partial charge in [-0.3, -0.25) is 4.79 Å². The largest absolute Gasteiger partial charge is 0.469 e. The summed E-state index contributed by atoms with van der Waals surface area (Å²) in [6.07, 6.45) is 39.8. The van der Waals surface area contributed by atoms with Crippen LogP contribution in [0.3, 0.4) is 0 Å². The monoisotopic (exact) mass is 464 g/mol. The van der Waals surface area contributed by atoms with Gasteiger partial charge in [0.25, 0.3) is 0 Å². The van der Waals surface area contributed by atoms with Crippen LogP contribution in [0.4, 0.5) is 0 Å². The molecule has 2 nitrogen and oxygen atoms in total. The van der Waals surface area contributed by atoms with Gasteiger partial charge in [-0.05, 0) is 32.1 Å². The van der Waals surface area contributed by atoms with Gasteiger partial charge >= 0.3 is 5.97 Å². The van der Waals surface area contributed by atoms with Gasteiger partial charge in [0.05, 0.1) is 7.11 Å². The molecule has 0 aliphatic heterocycles. The van der Waals surface area contributed by atoms with Crippen LogP contribution in [0.1, 0.15) is 174 Å². The Kier molecular flexibility index (Phi) is 28.5. The predicted molar refractivity (Wildman–Crippen MR) is 147 cm³/mol. The number of allylic oxidation sites excluding steroid dienone is 2. The minimum absolute atomic E-state index is 0.0627. The lowest BCUT2D eigenvalue weighted by Crippen LogP contribution is -1.99. The van der Waals surface area contributed by atoms with Crippen LogP contribution in [0.2, 0.25) is 0 Å². The lowest BCUT2D eigenvalue weighted by Gasteiger charge is -2.04. The molecule has 0 unspecified atom stereocenters. The van der Waals surface area contributed by atoms with E-state index in [4.69, 9.17) is 0 Å². The third-order valence-electron chi connectivity index (χ3n) is 6.87. The Hall–Kier alpha value is -0.790. The molecule has 33 heavy (non-hydrogen) atoms. The van der Waals surface area contributed by atoms with Crippen LogP contribution in [0.5, 0.6) is 0 Å². The fourth-order valence-corrected chi connectivity index (χ4v) is 4.56. The summed E-state index contributed by atoms with van der Waals surface area (Å²) in [5, 5.41) is 0. The molecule has 0 aliphatic rings. The number of methoxy groups -OCH3 is 1. The highest BCUT2D eigenvalue weighted by atomic mass is 16.5. The molecule has 0 amide bonds. The molecule has 0 radical (unpaired) electrons. The van der Waals surface area contributed by atoms with Crippen molar-refractivity contribution in [3.8, 4) is 0 Å². The maximum absolute atomic E-state index is 11.0. The third kappa shape index (κ3) is 29.2. The van der Waals surface area contributed by atoms with E-state index in [1.807, 2.05) is 0 Å². The highest BCUT2D eigenvalue weighted by molar-refractivity contribution is 5.68. The van der Waals surface area contributed by atoms with E-state index in [1.54, 1.807) is 0 Å². The first-order valence-electron chi connectivity index (χ1n) is 15.0. The highest BCUT2D eigenvalue weighted by Gasteiger charge is 1.99. The van der Waals surface area contributed by atoms with Crippen molar-refractivity contribution < 1.29 is 9.53 Å². The molecule has 196 valence electrons. The molecule has 0 aromatic heterocycles. The molecule has 0 bridgehead atoms. The molecule has 2 heteroatoms. The first-order chi connectivity index (χ1) is 16.3. The van der Waals surface area contributed by atoms with Crippen LogP contribution < -0.4 is 0 Å². The molecule has 0 rings (SSSR count). The molecule has 0 atom stereocenters. The number of hydrogen-bond donors (Lipinski definition) is 0. The Morgan fingerprint density at radius 1 is 0.485 bits per heavy atom. The zero-order valence-corrected chi connectivity index (χ0v) is 22.9. The van der Waals surface area contributed by atoms with Gasteiger partial charge in [-0.2, -0.15) is 0 Å². The first kappa shape index (κ1) is 32.2. The fraction of sp³-hybridized carbons (Fsp3) is 0.903. The average molecular weight is 465 g/mol. The first-order valence-corrected chi connectivity index (χ1v) is 15.0. The number of rotatable bonds is 27. The predicted octanol–water partition coefficient (Wildman–Crippen LogP) is 10.9. The molecule has 0 aromatic carbocycles. The van der Waals surface area contributed by atoms with Crippen molar-refractivity contribution in [3.63, 3.8) is 0 Å². The molecule has 0 N–H and O–H groups in total. The van der Waals surface area contributed by atoms with Crippen LogP contribution in [-0.2, 0) is 9.53 Å². The summed E-state index contributed by atoms with van der Waals surface area (Å²) in [6.45, 7) is 2.29. The van der Waals surface area contributed by atoms with Crippen molar-refractivity contribution in [2.24, 2.45) is 0 Å². The van der Waals surface area contributed by atoms with Gasteiger partial charge < -0.3 is 4.74 Å². The number of carbonyl (C=O) groups excluding carboxylic acids is 1. The normalized spacial score (nSPS) is 11.5. The van der Waals surface area contributed by atoms with E-state index in [-0.39, 0.29) is 5.97 Å². The Labute approximate surface area is 208 Å². The van der Waals surface area contributed by atoms with Crippen molar-refractivity contribution in [2.45, 2.75) is 174 Å². The summed E-state index contributed by atoms with van der Waals surface area (Å²) in [6, 6.07) is 0. The van der Waals surface area contributed by atoms with Gasteiger partial charge in [-0.25, -0.2) is 0 Å². The van der Waals surface area contributed by atoms with Crippen molar-refractivity contribution in [1.29, 1.82) is 0 Å². The Balaban J connectivity index is 3.07. The van der Waals surface area contributed by atoms with Gasteiger partial charge in [-0.1, -0.05) is 147 Å². The topological polar surface area (TPSA) is 26.3 Å². The SMILES string of the molecule is CCCCCCCC/C=C/CCCCCCCCCCCCCCCCCCCC(=O)OC. The lowest BCUT2D eigenvalue weighted by atomic mass is 10.0. The summed E-state index contributed by atoms with van der Waals surface area (Å²) in [4.78, 5) is 11.0. The lowest BCUT2D eigenvalue weighted by molar-refractivity contribution is -0.140. The van der Waals surface area contributed by atoms with E-state index >= 15 is 0 Å². The summed E-state index contributed by atoms with van der Waals surface area (Å²) in [7, 11) is 1.47. The Morgan fingerprint density at radius 2 is 0.788 bits per heavy atom. The van der Waals surface area contributed by atoms with Gasteiger partial charge in [0.15, 0.2) is 0 Å². The van der Waals surface area contributed by atoms with Gasteiger partial charge in [0.1, 0.15) is 0 Å². The zero-order valence-electron chi connectivity index (χ0n) is 22.9. The van der Waals surface area contributed by atoms with E-state index < -0.39 is 0 Å². The second-order valence-electron chi connectivity index (χ2n) is 10.2. The van der Waals surface area contributed by atoms with Crippen molar-refractivity contribution in [2.75, 3.05) is 7.11 Å². The summed E-state index contributed by atoms with van der Waals surface area (Å²) < 4.78 is 4.67. The van der Waals surface area contributed by atoms with Gasteiger partial charge in [-0.15, -0.1) is 0 Å². The van der Waals surface area contributed by atoms with Crippen LogP contribution in [-0.4, -0.2) is 13.1 Å². The number of hydrogen-bond acceptors (Lipinski definition) is 2. The summed E-state index contributed by atoms with van der Waals surface area (Å²) in [5.41, 5.74) is 0. The maximum Gasteiger partial charge on any atom is 0.305 e. The number of esters is 1. The zero-order chi connectivity index (χ0) is 24.1. The molecular weight excluding hydrogens is 404 g/mol. The smallest absolute Gasteiger partial charge is 0.305 e. The van der Waals surface area contributed by atoms with Crippen LogP contribution >= 0.6 is 0 Å². The number of unbranched alkanes of at least 4 members (excludes halogenated alkanes) is 23. The molecule has 0 spiro atoms. The van der Waals surface area contributed by atoms with Crippen LogP contribution in [0.25, 0.3) is 0 Å². The van der Waals surface area contributed by atoms with Crippen molar-refractivity contribution >= 4 is 5.97 Å². The van der Waals surface area contributed by atoms with Gasteiger partial charge in [0.2, 0.25) is 0 Å². The quantitative estimate of drug-likeness (QED) is 0.0686. The molecule has 0 aliphatic carbocycles. The minimum atomic E-state index is -0.0627. The summed E-state index contributed by atoms with van der Waals surface area (Å²) in [5.74, 6) is -0.0627. The highest BCUT2D eigenvalue weighted by Crippen LogP contribution is 2.15. The van der Waals surface area contributed by atoms with E-state index in [0.717, 1.165) is 6.42 Å². The van der Waals surface area contributed by atoms with E-state index in [0.29, 0.717) is 6.42 Å². The standard InChI is InChI=1S/C31H60O2/c1-3-4-5-6-7-8-9-10-11-12-13-14-15-16-17-18-19-20-21-22-23-24-25-26-27-28-29-30-31(32)33-2/h10-11H,3-9,12-30H2,1-2H3/b11-10+. The maximum atomic E-state index is 11.0. The van der Waals surface area contributed by atoms with Gasteiger partial charge in [0, 0.05) is 6.42 Å². The molecule has 0 saturated carbocycles. The molecule has 0 saturated heterocycles. The average Bonchev–Trinajstić information content (AvgIpc) is 2.83. The fourth-order valence-electron chi connectivity index (χ4n) is 4.56. The second kappa shape index (κ2) is 29.2. The van der Waals surface area contributed by atoms with Crippen molar-refractivity contribution in [3.05, 3.63) is 12.2 Å². The Morgan fingerprint density at radius 3 is 1.12 bits per heavy atom. The molecule has 0 aromatic rings. The number of ether oxygens (including phenoxy) is 1. The third-order valence-corrected chi connectivity index (χ3v) is 6.87. The van der Waals surface area contributed by atoms with Crippen LogP contribution in [0.15, 0.2) is 12.2 Å².